The summed E-state index contributed by atoms with van der Waals surface area (Å²) in [4.78, 5) is 18.4. The highest BCUT2D eigenvalue weighted by Gasteiger charge is 2.29. The Morgan fingerprint density at radius 2 is 2.32 bits per heavy atom. The number of carbonyl (C=O) groups is 1. The van der Waals surface area contributed by atoms with Crippen molar-refractivity contribution in [1.29, 1.82) is 0 Å². The van der Waals surface area contributed by atoms with Crippen molar-refractivity contribution in [2.75, 3.05) is 13.1 Å². The Kier molecular flexibility index (Phi) is 3.14. The lowest BCUT2D eigenvalue weighted by Gasteiger charge is -2.33. The smallest absolute Gasteiger partial charge is 0.257 e. The van der Waals surface area contributed by atoms with Crippen LogP contribution in [0.15, 0.2) is 24.8 Å². The fourth-order valence-electron chi connectivity index (χ4n) is 2.38. The van der Waals surface area contributed by atoms with Crippen LogP contribution in [0, 0.1) is 5.92 Å². The molecular weight excluding hydrogens is 264 g/mol. The van der Waals surface area contributed by atoms with Gasteiger partial charge in [-0.3, -0.25) is 9.78 Å². The van der Waals surface area contributed by atoms with Crippen molar-refractivity contribution in [2.24, 2.45) is 5.92 Å². The van der Waals surface area contributed by atoms with E-state index in [4.69, 9.17) is 11.6 Å². The second-order valence-electron chi connectivity index (χ2n) is 5.00. The topological polar surface area (TPSA) is 50.5 Å². The molecule has 3 heterocycles. The Bertz CT molecular complexity index is 611. The van der Waals surface area contributed by atoms with Crippen LogP contribution in [0.25, 0.3) is 5.52 Å². The number of nitrogens with zero attached hydrogens (tertiary/aromatic N) is 4. The first-order valence-electron chi connectivity index (χ1n) is 6.37. The average molecular weight is 279 g/mol. The summed E-state index contributed by atoms with van der Waals surface area (Å²) in [5.41, 5.74) is 1.32. The van der Waals surface area contributed by atoms with E-state index in [1.54, 1.807) is 29.3 Å². The molecule has 2 aromatic heterocycles. The summed E-state index contributed by atoms with van der Waals surface area (Å²) < 4.78 is 1.66. The van der Waals surface area contributed by atoms with Gasteiger partial charge >= 0.3 is 0 Å². The maximum Gasteiger partial charge on any atom is 0.257 e. The zero-order valence-electron chi connectivity index (χ0n) is 10.7. The zero-order chi connectivity index (χ0) is 13.4. The summed E-state index contributed by atoms with van der Waals surface area (Å²) in [7, 11) is 0. The maximum absolute atomic E-state index is 12.5. The third kappa shape index (κ3) is 2.18. The minimum absolute atomic E-state index is 0.0134. The highest BCUT2D eigenvalue weighted by Crippen LogP contribution is 2.23. The number of amides is 1. The normalized spacial score (nSPS) is 23.8. The predicted octanol–water partition coefficient (Wildman–Crippen LogP) is 1.82. The first kappa shape index (κ1) is 12.4. The van der Waals surface area contributed by atoms with Gasteiger partial charge in [-0.05, 0) is 12.3 Å². The largest absolute Gasteiger partial charge is 0.337 e. The number of carbonyl (C=O) groups excluding carboxylic acids is 1. The van der Waals surface area contributed by atoms with Crippen LogP contribution in [0.3, 0.4) is 0 Å². The molecule has 2 aromatic rings. The zero-order valence-corrected chi connectivity index (χ0v) is 11.4. The van der Waals surface area contributed by atoms with Crippen LogP contribution in [-0.4, -0.2) is 43.9 Å². The molecule has 1 aliphatic rings. The monoisotopic (exact) mass is 278 g/mol. The molecule has 6 heteroatoms. The van der Waals surface area contributed by atoms with Crippen molar-refractivity contribution in [1.82, 2.24) is 19.5 Å². The van der Waals surface area contributed by atoms with E-state index < -0.39 is 0 Å². The average Bonchev–Trinajstić information content (AvgIpc) is 2.85. The van der Waals surface area contributed by atoms with E-state index >= 15 is 0 Å². The first-order valence-corrected chi connectivity index (χ1v) is 6.81. The highest BCUT2D eigenvalue weighted by molar-refractivity contribution is 6.21. The van der Waals surface area contributed by atoms with Crippen LogP contribution >= 0.6 is 11.6 Å². The van der Waals surface area contributed by atoms with E-state index in [0.717, 1.165) is 18.5 Å². The van der Waals surface area contributed by atoms with E-state index in [0.29, 0.717) is 18.0 Å². The van der Waals surface area contributed by atoms with E-state index in [2.05, 4.69) is 17.0 Å². The summed E-state index contributed by atoms with van der Waals surface area (Å²) >= 11 is 6.26. The SMILES string of the molecule is CC1CCN(C(=O)c2cnn3ccncc23)CC1Cl. The molecule has 1 fully saturated rings. The van der Waals surface area contributed by atoms with Crippen molar-refractivity contribution >= 4 is 23.0 Å². The van der Waals surface area contributed by atoms with Crippen LogP contribution in [0.5, 0.6) is 0 Å². The lowest BCUT2D eigenvalue weighted by molar-refractivity contribution is 0.0703. The number of piperidine rings is 1. The second kappa shape index (κ2) is 4.81. The van der Waals surface area contributed by atoms with Gasteiger partial charge in [0.05, 0.1) is 28.9 Å². The molecule has 1 saturated heterocycles. The summed E-state index contributed by atoms with van der Waals surface area (Å²) in [6.07, 6.45) is 7.57. The fraction of sp³-hybridized carbons (Fsp3) is 0.462. The molecule has 0 bridgehead atoms. The highest BCUT2D eigenvalue weighted by atomic mass is 35.5. The molecule has 19 heavy (non-hydrogen) atoms. The van der Waals surface area contributed by atoms with E-state index in [1.165, 1.54) is 0 Å². The van der Waals surface area contributed by atoms with Crippen LogP contribution in [0.4, 0.5) is 0 Å². The Balaban J connectivity index is 1.88. The molecule has 0 aromatic carbocycles. The van der Waals surface area contributed by atoms with Gasteiger partial charge in [-0.25, -0.2) is 4.52 Å². The van der Waals surface area contributed by atoms with Crippen LogP contribution < -0.4 is 0 Å². The first-order chi connectivity index (χ1) is 9.16. The van der Waals surface area contributed by atoms with Gasteiger partial charge in [-0.15, -0.1) is 11.6 Å². The predicted molar refractivity (Wildman–Crippen MR) is 72.3 cm³/mol. The van der Waals surface area contributed by atoms with Crippen molar-refractivity contribution in [3.8, 4) is 0 Å². The van der Waals surface area contributed by atoms with Crippen LogP contribution in [0.2, 0.25) is 0 Å². The number of hydrogen-bond donors (Lipinski definition) is 0. The van der Waals surface area contributed by atoms with Gasteiger partial charge in [0.15, 0.2) is 0 Å². The molecule has 3 rings (SSSR count). The van der Waals surface area contributed by atoms with Gasteiger partial charge in [-0.2, -0.15) is 5.10 Å². The van der Waals surface area contributed by atoms with Crippen molar-refractivity contribution in [3.05, 3.63) is 30.4 Å². The molecule has 5 nitrogen and oxygen atoms in total. The van der Waals surface area contributed by atoms with E-state index in [1.807, 2.05) is 4.90 Å². The summed E-state index contributed by atoms with van der Waals surface area (Å²) in [5.74, 6) is 0.442. The van der Waals surface area contributed by atoms with Crippen LogP contribution in [0.1, 0.15) is 23.7 Å². The van der Waals surface area contributed by atoms with Gasteiger partial charge in [0.1, 0.15) is 0 Å². The fourth-order valence-corrected chi connectivity index (χ4v) is 2.67. The molecule has 1 aliphatic heterocycles. The lowest BCUT2D eigenvalue weighted by Crippen LogP contribution is -2.43. The molecule has 0 radical (unpaired) electrons. The Morgan fingerprint density at radius 1 is 1.47 bits per heavy atom. The van der Waals surface area contributed by atoms with Gasteiger partial charge in [-0.1, -0.05) is 6.92 Å². The van der Waals surface area contributed by atoms with Crippen molar-refractivity contribution < 1.29 is 4.79 Å². The van der Waals surface area contributed by atoms with Crippen LogP contribution in [-0.2, 0) is 0 Å². The number of halogens is 1. The van der Waals surface area contributed by atoms with Gasteiger partial charge in [0.25, 0.3) is 5.91 Å². The second-order valence-corrected chi connectivity index (χ2v) is 5.56. The Hall–Kier alpha value is -1.62. The van der Waals surface area contributed by atoms with Crippen molar-refractivity contribution in [2.45, 2.75) is 18.7 Å². The molecule has 0 spiro atoms. The number of alkyl halides is 1. The molecule has 0 N–H and O–H groups in total. The minimum Gasteiger partial charge on any atom is -0.337 e. The minimum atomic E-state index is -0.0134. The summed E-state index contributed by atoms with van der Waals surface area (Å²) in [6.45, 7) is 3.47. The quantitative estimate of drug-likeness (QED) is 0.748. The number of fused-ring (bicyclic) bond motifs is 1. The lowest BCUT2D eigenvalue weighted by atomic mass is 9.98. The third-order valence-electron chi connectivity index (χ3n) is 3.71. The van der Waals surface area contributed by atoms with Gasteiger partial charge in [0, 0.05) is 25.5 Å². The number of aromatic nitrogens is 3. The number of hydrogen-bond acceptors (Lipinski definition) is 3. The summed E-state index contributed by atoms with van der Waals surface area (Å²) in [5, 5.41) is 4.19. The summed E-state index contributed by atoms with van der Waals surface area (Å²) in [6, 6.07) is 0. The molecule has 0 aliphatic carbocycles. The van der Waals surface area contributed by atoms with Gasteiger partial charge < -0.3 is 4.90 Å². The molecule has 0 saturated carbocycles. The van der Waals surface area contributed by atoms with Gasteiger partial charge in [0.2, 0.25) is 0 Å². The molecular formula is C13H15ClN4O. The number of rotatable bonds is 1. The van der Waals surface area contributed by atoms with Crippen molar-refractivity contribution in [3.63, 3.8) is 0 Å². The molecule has 1 amide bonds. The van der Waals surface area contributed by atoms with E-state index in [9.17, 15) is 4.79 Å². The molecule has 2 atom stereocenters. The third-order valence-corrected chi connectivity index (χ3v) is 4.28. The number of likely N-dealkylation sites (tertiary alicyclic amines) is 1. The maximum atomic E-state index is 12.5. The Labute approximate surface area is 116 Å². The van der Waals surface area contributed by atoms with E-state index in [-0.39, 0.29) is 11.3 Å². The standard InChI is InChI=1S/C13H15ClN4O/c1-9-2-4-17(8-11(9)14)13(19)10-6-16-18-5-3-15-7-12(10)18/h3,5-7,9,11H,2,4,8H2,1H3. The molecule has 2 unspecified atom stereocenters. The molecule has 100 valence electrons. The Morgan fingerprint density at radius 3 is 3.11 bits per heavy atom.